The molecule has 2 aromatic rings. The summed E-state index contributed by atoms with van der Waals surface area (Å²) in [5.41, 5.74) is 0.781. The third kappa shape index (κ3) is 2.77. The normalized spacial score (nSPS) is 11.9. The first kappa shape index (κ1) is 13.6. The van der Waals surface area contributed by atoms with Crippen LogP contribution in [0.5, 0.6) is 5.75 Å². The van der Waals surface area contributed by atoms with Crippen molar-refractivity contribution < 1.29 is 13.5 Å². The highest BCUT2D eigenvalue weighted by Crippen LogP contribution is 2.25. The highest BCUT2D eigenvalue weighted by Gasteiger charge is 2.24. The van der Waals surface area contributed by atoms with Crippen molar-refractivity contribution >= 4 is 10.0 Å². The summed E-state index contributed by atoms with van der Waals surface area (Å²) >= 11 is 0. The van der Waals surface area contributed by atoms with E-state index in [0.29, 0.717) is 0 Å². The minimum absolute atomic E-state index is 0.0959. The fourth-order valence-corrected chi connectivity index (χ4v) is 2.98. The van der Waals surface area contributed by atoms with E-state index in [-0.39, 0.29) is 17.2 Å². The quantitative estimate of drug-likeness (QED) is 0.905. The molecule has 0 spiro atoms. The molecule has 0 aliphatic rings. The fourth-order valence-electron chi connectivity index (χ4n) is 1.74. The molecule has 6 nitrogen and oxygen atoms in total. The van der Waals surface area contributed by atoms with Crippen LogP contribution in [0.1, 0.15) is 5.56 Å². The maximum absolute atomic E-state index is 12.3. The molecular formula is C12H15N3O3S. The largest absolute Gasteiger partial charge is 0.507 e. The van der Waals surface area contributed by atoms with Gasteiger partial charge in [0.1, 0.15) is 10.6 Å². The van der Waals surface area contributed by atoms with E-state index in [2.05, 4.69) is 5.10 Å². The number of nitrogens with zero attached hydrogens (tertiary/aromatic N) is 3. The van der Waals surface area contributed by atoms with Crippen molar-refractivity contribution in [3.8, 4) is 5.75 Å². The third-order valence-corrected chi connectivity index (χ3v) is 4.57. The molecule has 19 heavy (non-hydrogen) atoms. The summed E-state index contributed by atoms with van der Waals surface area (Å²) in [6.45, 7) is 0.199. The molecule has 2 rings (SSSR count). The van der Waals surface area contributed by atoms with Crippen LogP contribution >= 0.6 is 0 Å². The van der Waals surface area contributed by atoms with Crippen LogP contribution in [0, 0.1) is 0 Å². The number of hydrogen-bond donors (Lipinski definition) is 1. The van der Waals surface area contributed by atoms with E-state index in [0.717, 1.165) is 5.56 Å². The van der Waals surface area contributed by atoms with Crippen LogP contribution in [0.25, 0.3) is 0 Å². The van der Waals surface area contributed by atoms with Crippen molar-refractivity contribution in [2.75, 3.05) is 7.05 Å². The van der Waals surface area contributed by atoms with Gasteiger partial charge >= 0.3 is 0 Å². The third-order valence-electron chi connectivity index (χ3n) is 2.72. The summed E-state index contributed by atoms with van der Waals surface area (Å²) < 4.78 is 27.4. The molecule has 0 atom stereocenters. The lowest BCUT2D eigenvalue weighted by molar-refractivity contribution is 0.439. The molecule has 0 saturated carbocycles. The molecule has 0 amide bonds. The average Bonchev–Trinajstić information content (AvgIpc) is 2.75. The molecule has 1 N–H and O–H groups in total. The van der Waals surface area contributed by atoms with E-state index in [1.54, 1.807) is 36.3 Å². The zero-order chi connectivity index (χ0) is 14.0. The van der Waals surface area contributed by atoms with Crippen molar-refractivity contribution in [3.63, 3.8) is 0 Å². The smallest absolute Gasteiger partial charge is 0.246 e. The number of phenols is 1. The lowest BCUT2D eigenvalue weighted by atomic mass is 10.3. The predicted molar refractivity (Wildman–Crippen MR) is 70.0 cm³/mol. The Morgan fingerprint density at radius 3 is 2.63 bits per heavy atom. The summed E-state index contributed by atoms with van der Waals surface area (Å²) in [5, 5.41) is 13.6. The predicted octanol–water partition coefficient (Wildman–Crippen LogP) is 0.946. The van der Waals surface area contributed by atoms with Gasteiger partial charge in [-0.25, -0.2) is 8.42 Å². The van der Waals surface area contributed by atoms with Crippen LogP contribution in [0.15, 0.2) is 41.6 Å². The van der Waals surface area contributed by atoms with Gasteiger partial charge in [-0.3, -0.25) is 4.68 Å². The SMILES string of the molecule is CN(Cc1cnn(C)c1)S(=O)(=O)c1ccccc1O. The van der Waals surface area contributed by atoms with Gasteiger partial charge in [0, 0.05) is 32.4 Å². The highest BCUT2D eigenvalue weighted by molar-refractivity contribution is 7.89. The average molecular weight is 281 g/mol. The molecule has 1 aromatic carbocycles. The molecule has 0 radical (unpaired) electrons. The summed E-state index contributed by atoms with van der Waals surface area (Å²) in [7, 11) is -0.480. The molecule has 1 heterocycles. The Kier molecular flexibility index (Phi) is 3.59. The minimum atomic E-state index is -3.71. The van der Waals surface area contributed by atoms with Crippen LogP contribution in [-0.2, 0) is 23.6 Å². The number of phenolic OH excluding ortho intramolecular Hbond substituents is 1. The number of benzene rings is 1. The Labute approximate surface area is 112 Å². The van der Waals surface area contributed by atoms with Gasteiger partial charge in [-0.05, 0) is 12.1 Å². The van der Waals surface area contributed by atoms with Crippen LogP contribution in [0.3, 0.4) is 0 Å². The van der Waals surface area contributed by atoms with Gasteiger partial charge in [0.05, 0.1) is 6.20 Å². The molecule has 0 aliphatic carbocycles. The molecule has 102 valence electrons. The second-order valence-electron chi connectivity index (χ2n) is 4.25. The van der Waals surface area contributed by atoms with Crippen LogP contribution in [0.2, 0.25) is 0 Å². The Balaban J connectivity index is 2.27. The van der Waals surface area contributed by atoms with E-state index in [1.807, 2.05) is 0 Å². The molecule has 0 fully saturated rings. The van der Waals surface area contributed by atoms with Crippen LogP contribution in [0.4, 0.5) is 0 Å². The van der Waals surface area contributed by atoms with Gasteiger partial charge in [-0.1, -0.05) is 12.1 Å². The summed E-state index contributed by atoms with van der Waals surface area (Å²) in [6, 6.07) is 5.88. The van der Waals surface area contributed by atoms with Crippen molar-refractivity contribution in [3.05, 3.63) is 42.2 Å². The molecule has 0 unspecified atom stereocenters. The van der Waals surface area contributed by atoms with Crippen LogP contribution in [-0.4, -0.2) is 34.7 Å². The second-order valence-corrected chi connectivity index (χ2v) is 6.26. The Morgan fingerprint density at radius 1 is 1.37 bits per heavy atom. The first-order valence-electron chi connectivity index (χ1n) is 5.63. The zero-order valence-electron chi connectivity index (χ0n) is 10.7. The number of rotatable bonds is 4. The first-order chi connectivity index (χ1) is 8.91. The van der Waals surface area contributed by atoms with Gasteiger partial charge in [0.2, 0.25) is 10.0 Å². The van der Waals surface area contributed by atoms with Gasteiger partial charge in [0.25, 0.3) is 0 Å². The van der Waals surface area contributed by atoms with Crippen molar-refractivity contribution in [2.24, 2.45) is 7.05 Å². The Hall–Kier alpha value is -1.86. The summed E-state index contributed by atoms with van der Waals surface area (Å²) in [4.78, 5) is -0.0959. The Morgan fingerprint density at radius 2 is 2.05 bits per heavy atom. The van der Waals surface area contributed by atoms with Crippen molar-refractivity contribution in [1.82, 2.24) is 14.1 Å². The summed E-state index contributed by atoms with van der Waals surface area (Å²) in [6.07, 6.45) is 3.35. The van der Waals surface area contributed by atoms with Crippen molar-refractivity contribution in [1.29, 1.82) is 0 Å². The van der Waals surface area contributed by atoms with E-state index in [1.165, 1.54) is 23.5 Å². The molecule has 0 aliphatic heterocycles. The first-order valence-corrected chi connectivity index (χ1v) is 7.07. The molecule has 1 aromatic heterocycles. The fraction of sp³-hybridized carbons (Fsp3) is 0.250. The second kappa shape index (κ2) is 5.02. The van der Waals surface area contributed by atoms with Gasteiger partial charge < -0.3 is 5.11 Å². The molecule has 0 bridgehead atoms. The van der Waals surface area contributed by atoms with E-state index >= 15 is 0 Å². The number of hydrogen-bond acceptors (Lipinski definition) is 4. The van der Waals surface area contributed by atoms with E-state index in [9.17, 15) is 13.5 Å². The number of sulfonamides is 1. The molecular weight excluding hydrogens is 266 g/mol. The van der Waals surface area contributed by atoms with Gasteiger partial charge in [0.15, 0.2) is 0 Å². The number of para-hydroxylation sites is 1. The standard InChI is InChI=1S/C12H15N3O3S/c1-14-8-10(7-13-14)9-15(2)19(17,18)12-6-4-3-5-11(12)16/h3-8,16H,9H2,1-2H3. The topological polar surface area (TPSA) is 75.4 Å². The monoisotopic (exact) mass is 281 g/mol. The Bertz CT molecular complexity index is 679. The number of aromatic nitrogens is 2. The van der Waals surface area contributed by atoms with Gasteiger partial charge in [-0.15, -0.1) is 0 Å². The maximum atomic E-state index is 12.3. The van der Waals surface area contributed by atoms with Crippen LogP contribution < -0.4 is 0 Å². The number of aromatic hydroxyl groups is 1. The molecule has 0 saturated heterocycles. The lowest BCUT2D eigenvalue weighted by Crippen LogP contribution is -2.26. The van der Waals surface area contributed by atoms with E-state index < -0.39 is 10.0 Å². The number of aryl methyl sites for hydroxylation is 1. The highest BCUT2D eigenvalue weighted by atomic mass is 32.2. The van der Waals surface area contributed by atoms with E-state index in [4.69, 9.17) is 0 Å². The summed E-state index contributed by atoms with van der Waals surface area (Å²) in [5.74, 6) is -0.250. The van der Waals surface area contributed by atoms with Crippen molar-refractivity contribution in [2.45, 2.75) is 11.4 Å². The maximum Gasteiger partial charge on any atom is 0.246 e. The zero-order valence-corrected chi connectivity index (χ0v) is 11.5. The van der Waals surface area contributed by atoms with Gasteiger partial charge in [-0.2, -0.15) is 9.40 Å². The lowest BCUT2D eigenvalue weighted by Gasteiger charge is -2.16. The molecule has 7 heteroatoms. The minimum Gasteiger partial charge on any atom is -0.507 e.